The lowest BCUT2D eigenvalue weighted by Gasteiger charge is -2.43. The first-order chi connectivity index (χ1) is 21.5. The average molecular weight is 628 g/mol. The molecule has 2 aromatic rings. The van der Waals surface area contributed by atoms with Crippen LogP contribution in [-0.2, 0) is 30.2 Å². The third-order valence-electron chi connectivity index (χ3n) is 9.22. The summed E-state index contributed by atoms with van der Waals surface area (Å²) in [5.74, 6) is -3.67. The molecule has 2 aliphatic heterocycles. The SMILES string of the molecule is COc1cccc2c1C(=O)c1c(O)c3c(c(O)c1C2=O)C[C@@](O)(C(=O)CO)C[C@@H]3O[C@@H]1C[C@H](N)[C@@H](OC2CCCCO2)[C@H](C)O1. The molecule has 6 N–H and O–H groups in total. The zero-order valence-electron chi connectivity index (χ0n) is 25.0. The number of hydrogen-bond donors (Lipinski definition) is 5. The molecule has 0 saturated carbocycles. The molecule has 0 radical (unpaired) electrons. The van der Waals surface area contributed by atoms with Gasteiger partial charge in [-0.05, 0) is 32.3 Å². The maximum atomic E-state index is 13.8. The highest BCUT2D eigenvalue weighted by atomic mass is 16.7. The maximum absolute atomic E-state index is 13.8. The van der Waals surface area contributed by atoms with Crippen LogP contribution in [0.5, 0.6) is 17.2 Å². The second kappa shape index (κ2) is 12.1. The molecule has 0 aromatic heterocycles. The summed E-state index contributed by atoms with van der Waals surface area (Å²) in [5.41, 5.74) is 2.98. The predicted octanol–water partition coefficient (Wildman–Crippen LogP) is 1.55. The number of benzene rings is 2. The molecule has 2 aromatic carbocycles. The number of aromatic hydroxyl groups is 2. The Morgan fingerprint density at radius 2 is 1.82 bits per heavy atom. The molecule has 0 bridgehead atoms. The van der Waals surface area contributed by atoms with Crippen LogP contribution in [0.25, 0.3) is 0 Å². The van der Waals surface area contributed by atoms with E-state index in [4.69, 9.17) is 29.4 Å². The summed E-state index contributed by atoms with van der Waals surface area (Å²) in [6, 6.07) is 3.86. The van der Waals surface area contributed by atoms with E-state index in [1.807, 2.05) is 0 Å². The minimum absolute atomic E-state index is 0.0409. The van der Waals surface area contributed by atoms with Crippen molar-refractivity contribution in [1.82, 2.24) is 0 Å². The minimum atomic E-state index is -2.24. The number of aliphatic hydroxyl groups excluding tert-OH is 1. The largest absolute Gasteiger partial charge is 0.507 e. The number of phenols is 2. The second-order valence-corrected chi connectivity index (χ2v) is 12.1. The summed E-state index contributed by atoms with van der Waals surface area (Å²) in [7, 11) is 1.34. The Labute approximate surface area is 258 Å². The van der Waals surface area contributed by atoms with Crippen molar-refractivity contribution in [3.05, 3.63) is 51.6 Å². The number of phenolic OH excluding ortho intramolecular Hbond substituents is 2. The standard InChI is InChI=1S/C32H37NO12/c1-14-31(45-21-8-3-4-9-42-21)17(33)10-22(43-14)44-19-12-32(40,20(35)13-34)11-16-24(19)30(39)26-25(28(16)37)27(36)15-6-5-7-18(41-2)23(15)29(26)38/h5-7,14,17,19,21-22,31,34,37,39-40H,3-4,8-13,33H2,1-2H3/t14-,17-,19-,21?,22+,31-,32-/m0/s1. The van der Waals surface area contributed by atoms with Gasteiger partial charge in [0.25, 0.3) is 0 Å². The third-order valence-corrected chi connectivity index (χ3v) is 9.22. The Hall–Kier alpha value is -3.43. The van der Waals surface area contributed by atoms with Crippen LogP contribution in [0.1, 0.15) is 88.1 Å². The molecule has 2 aliphatic carbocycles. The Morgan fingerprint density at radius 3 is 2.49 bits per heavy atom. The number of aliphatic hydroxyl groups is 2. The molecule has 2 saturated heterocycles. The summed E-state index contributed by atoms with van der Waals surface area (Å²) >= 11 is 0. The highest BCUT2D eigenvalue weighted by Gasteiger charge is 2.50. The number of rotatable bonds is 7. The fraction of sp³-hybridized carbons (Fsp3) is 0.531. The van der Waals surface area contributed by atoms with Gasteiger partial charge in [0.1, 0.15) is 35.6 Å². The number of Topliss-reactive ketones (excluding diaryl/α,β-unsaturated/α-hetero) is 1. The molecule has 242 valence electrons. The smallest absolute Gasteiger partial charge is 0.202 e. The molecule has 4 aliphatic rings. The number of carbonyl (C=O) groups excluding carboxylic acids is 3. The fourth-order valence-corrected chi connectivity index (χ4v) is 6.95. The molecule has 2 fully saturated rings. The van der Waals surface area contributed by atoms with Crippen LogP contribution in [-0.4, -0.2) is 94.5 Å². The molecule has 45 heavy (non-hydrogen) atoms. The number of fused-ring (bicyclic) bond motifs is 3. The molecular weight excluding hydrogens is 590 g/mol. The first kappa shape index (κ1) is 31.5. The molecule has 13 nitrogen and oxygen atoms in total. The molecule has 2 heterocycles. The lowest BCUT2D eigenvalue weighted by Crippen LogP contribution is -2.55. The van der Waals surface area contributed by atoms with E-state index in [2.05, 4.69) is 0 Å². The second-order valence-electron chi connectivity index (χ2n) is 12.1. The highest BCUT2D eigenvalue weighted by molar-refractivity contribution is 6.31. The topological polar surface area (TPSA) is 204 Å². The zero-order chi connectivity index (χ0) is 32.2. The number of ether oxygens (including phenoxy) is 5. The lowest BCUT2D eigenvalue weighted by atomic mass is 9.72. The van der Waals surface area contributed by atoms with E-state index in [9.17, 15) is 34.8 Å². The monoisotopic (exact) mass is 627 g/mol. The van der Waals surface area contributed by atoms with Crippen molar-refractivity contribution in [3.8, 4) is 17.2 Å². The fourth-order valence-electron chi connectivity index (χ4n) is 6.95. The highest BCUT2D eigenvalue weighted by Crippen LogP contribution is 2.52. The molecule has 0 spiro atoms. The van der Waals surface area contributed by atoms with Crippen LogP contribution in [0.3, 0.4) is 0 Å². The van der Waals surface area contributed by atoms with Crippen molar-refractivity contribution in [1.29, 1.82) is 0 Å². The molecule has 6 rings (SSSR count). The number of carbonyl (C=O) groups is 3. The van der Waals surface area contributed by atoms with Crippen LogP contribution < -0.4 is 10.5 Å². The van der Waals surface area contributed by atoms with Gasteiger partial charge in [-0.2, -0.15) is 0 Å². The van der Waals surface area contributed by atoms with Gasteiger partial charge in [0.15, 0.2) is 24.1 Å². The van der Waals surface area contributed by atoms with Gasteiger partial charge in [0.2, 0.25) is 5.78 Å². The van der Waals surface area contributed by atoms with E-state index >= 15 is 0 Å². The summed E-state index contributed by atoms with van der Waals surface area (Å²) in [6.45, 7) is 1.35. The number of hydrogen-bond acceptors (Lipinski definition) is 13. The van der Waals surface area contributed by atoms with Crippen molar-refractivity contribution >= 4 is 17.3 Å². The van der Waals surface area contributed by atoms with Crippen molar-refractivity contribution < 1.29 is 58.5 Å². The van der Waals surface area contributed by atoms with Crippen LogP contribution in [0.15, 0.2) is 18.2 Å². The van der Waals surface area contributed by atoms with Gasteiger partial charge < -0.3 is 49.8 Å². The predicted molar refractivity (Wildman–Crippen MR) is 154 cm³/mol. The number of methoxy groups -OCH3 is 1. The van der Waals surface area contributed by atoms with Gasteiger partial charge in [-0.1, -0.05) is 12.1 Å². The van der Waals surface area contributed by atoms with E-state index in [0.29, 0.717) is 6.61 Å². The van der Waals surface area contributed by atoms with Gasteiger partial charge >= 0.3 is 0 Å². The number of ketones is 3. The van der Waals surface area contributed by atoms with E-state index in [-0.39, 0.29) is 34.4 Å². The summed E-state index contributed by atoms with van der Waals surface area (Å²) in [4.78, 5) is 40.2. The van der Waals surface area contributed by atoms with Crippen molar-refractivity contribution in [2.24, 2.45) is 5.73 Å². The summed E-state index contributed by atoms with van der Waals surface area (Å²) < 4.78 is 29.5. The first-order valence-corrected chi connectivity index (χ1v) is 15.1. The molecule has 7 atom stereocenters. The Kier molecular flexibility index (Phi) is 8.46. The molecule has 13 heteroatoms. The van der Waals surface area contributed by atoms with Gasteiger partial charge in [-0.25, -0.2) is 0 Å². The summed E-state index contributed by atoms with van der Waals surface area (Å²) in [5, 5.41) is 44.2. The lowest BCUT2D eigenvalue weighted by molar-refractivity contribution is -0.281. The van der Waals surface area contributed by atoms with E-state index < -0.39 is 102 Å². The molecule has 1 unspecified atom stereocenters. The van der Waals surface area contributed by atoms with Crippen molar-refractivity contribution in [2.75, 3.05) is 20.3 Å². The van der Waals surface area contributed by atoms with E-state index in [0.717, 1.165) is 19.3 Å². The van der Waals surface area contributed by atoms with Crippen LogP contribution in [0, 0.1) is 0 Å². The maximum Gasteiger partial charge on any atom is 0.202 e. The van der Waals surface area contributed by atoms with Gasteiger partial charge in [-0.3, -0.25) is 14.4 Å². The first-order valence-electron chi connectivity index (χ1n) is 15.1. The van der Waals surface area contributed by atoms with E-state index in [1.165, 1.54) is 25.3 Å². The third kappa shape index (κ3) is 5.31. The van der Waals surface area contributed by atoms with Crippen LogP contribution >= 0.6 is 0 Å². The van der Waals surface area contributed by atoms with Gasteiger partial charge in [-0.15, -0.1) is 0 Å². The van der Waals surface area contributed by atoms with Crippen LogP contribution in [0.2, 0.25) is 0 Å². The Bertz CT molecular complexity index is 1520. The quantitative estimate of drug-likeness (QED) is 0.236. The van der Waals surface area contributed by atoms with E-state index in [1.54, 1.807) is 6.92 Å². The Morgan fingerprint density at radius 1 is 1.07 bits per heavy atom. The van der Waals surface area contributed by atoms with Gasteiger partial charge in [0, 0.05) is 48.6 Å². The average Bonchev–Trinajstić information content (AvgIpc) is 3.02. The summed E-state index contributed by atoms with van der Waals surface area (Å²) in [6.07, 6.45) is -2.03. The number of nitrogens with two attached hydrogens (primary N) is 1. The zero-order valence-corrected chi connectivity index (χ0v) is 25.0. The van der Waals surface area contributed by atoms with Crippen molar-refractivity contribution in [3.63, 3.8) is 0 Å². The van der Waals surface area contributed by atoms with Crippen LogP contribution in [0.4, 0.5) is 0 Å². The van der Waals surface area contributed by atoms with Crippen molar-refractivity contribution in [2.45, 2.75) is 88.0 Å². The molecule has 0 amide bonds. The normalized spacial score (nSPS) is 31.1. The van der Waals surface area contributed by atoms with Gasteiger partial charge in [0.05, 0.1) is 36.0 Å². The Balaban J connectivity index is 1.38. The molecular formula is C32H37NO12. The minimum Gasteiger partial charge on any atom is -0.507 e.